The minimum Gasteiger partial charge on any atom is -0.457 e. The van der Waals surface area contributed by atoms with Crippen molar-refractivity contribution >= 4 is 5.97 Å². The number of ether oxygens (including phenoxy) is 1. The Balaban J connectivity index is 3.92. The summed E-state index contributed by atoms with van der Waals surface area (Å²) in [4.78, 5) is 10.9. The van der Waals surface area contributed by atoms with Gasteiger partial charge in [-0.2, -0.15) is 0 Å². The Morgan fingerprint density at radius 3 is 2.46 bits per heavy atom. The summed E-state index contributed by atoms with van der Waals surface area (Å²) in [7, 11) is 0. The first kappa shape index (κ1) is 12.2. The second-order valence-corrected chi connectivity index (χ2v) is 4.32. The van der Waals surface area contributed by atoms with E-state index in [1.807, 2.05) is 13.8 Å². The molecular weight excluding hydrogens is 164 g/mol. The quantitative estimate of drug-likeness (QED) is 0.485. The molecule has 0 heterocycles. The standard InChI is InChI=1S/C11H20O2/c1-6-10(12)13-11(4,5)8-7-9(2)3/h6,9H,1,7-8H2,2-5H3. The van der Waals surface area contributed by atoms with Crippen LogP contribution in [0.15, 0.2) is 12.7 Å². The minimum absolute atomic E-state index is 0.339. The minimum atomic E-state index is -0.366. The highest BCUT2D eigenvalue weighted by Gasteiger charge is 2.21. The van der Waals surface area contributed by atoms with Gasteiger partial charge in [0, 0.05) is 6.08 Å². The van der Waals surface area contributed by atoms with Crippen LogP contribution in [0.2, 0.25) is 0 Å². The molecule has 0 fully saturated rings. The summed E-state index contributed by atoms with van der Waals surface area (Å²) in [6, 6.07) is 0. The van der Waals surface area contributed by atoms with E-state index < -0.39 is 0 Å². The summed E-state index contributed by atoms with van der Waals surface area (Å²) in [5.74, 6) is 0.301. The van der Waals surface area contributed by atoms with Crippen LogP contribution in [0, 0.1) is 5.92 Å². The number of rotatable bonds is 5. The fourth-order valence-electron chi connectivity index (χ4n) is 1.00. The Labute approximate surface area is 81.0 Å². The Kier molecular flexibility index (Phi) is 4.74. The van der Waals surface area contributed by atoms with Crippen LogP contribution in [0.4, 0.5) is 0 Å². The molecule has 0 aliphatic heterocycles. The monoisotopic (exact) mass is 184 g/mol. The van der Waals surface area contributed by atoms with E-state index in [-0.39, 0.29) is 11.6 Å². The van der Waals surface area contributed by atoms with Crippen molar-refractivity contribution in [3.8, 4) is 0 Å². The van der Waals surface area contributed by atoms with Crippen LogP contribution in [-0.2, 0) is 9.53 Å². The molecule has 13 heavy (non-hydrogen) atoms. The van der Waals surface area contributed by atoms with Gasteiger partial charge in [-0.1, -0.05) is 20.4 Å². The molecule has 0 radical (unpaired) electrons. The van der Waals surface area contributed by atoms with Crippen LogP contribution in [0.5, 0.6) is 0 Å². The molecule has 2 nitrogen and oxygen atoms in total. The maximum absolute atomic E-state index is 10.9. The molecule has 0 atom stereocenters. The Hall–Kier alpha value is -0.790. The van der Waals surface area contributed by atoms with Gasteiger partial charge in [-0.05, 0) is 32.6 Å². The molecule has 0 aromatic carbocycles. The van der Waals surface area contributed by atoms with E-state index in [0.717, 1.165) is 12.8 Å². The van der Waals surface area contributed by atoms with Gasteiger partial charge in [0.05, 0.1) is 0 Å². The molecule has 0 bridgehead atoms. The van der Waals surface area contributed by atoms with Crippen LogP contribution in [0.25, 0.3) is 0 Å². The lowest BCUT2D eigenvalue weighted by Gasteiger charge is -2.25. The third-order valence-corrected chi connectivity index (χ3v) is 1.87. The average molecular weight is 184 g/mol. The molecule has 76 valence electrons. The second kappa shape index (κ2) is 5.05. The number of esters is 1. The third kappa shape index (κ3) is 6.38. The van der Waals surface area contributed by atoms with Gasteiger partial charge in [-0.15, -0.1) is 0 Å². The van der Waals surface area contributed by atoms with E-state index in [4.69, 9.17) is 4.74 Å². The fourth-order valence-corrected chi connectivity index (χ4v) is 1.00. The zero-order valence-electron chi connectivity index (χ0n) is 9.09. The molecular formula is C11H20O2. The summed E-state index contributed by atoms with van der Waals surface area (Å²) < 4.78 is 5.18. The average Bonchev–Trinajstić information content (AvgIpc) is 2.00. The maximum atomic E-state index is 10.9. The highest BCUT2D eigenvalue weighted by molar-refractivity contribution is 5.81. The van der Waals surface area contributed by atoms with E-state index in [9.17, 15) is 4.79 Å². The van der Waals surface area contributed by atoms with Crippen molar-refractivity contribution in [2.75, 3.05) is 0 Å². The fraction of sp³-hybridized carbons (Fsp3) is 0.727. The smallest absolute Gasteiger partial charge is 0.330 e. The SMILES string of the molecule is C=CC(=O)OC(C)(C)CCC(C)C. The zero-order valence-corrected chi connectivity index (χ0v) is 9.09. The second-order valence-electron chi connectivity index (χ2n) is 4.32. The molecule has 0 unspecified atom stereocenters. The largest absolute Gasteiger partial charge is 0.457 e. The summed E-state index contributed by atoms with van der Waals surface area (Å²) in [6.07, 6.45) is 3.17. The molecule has 0 amide bonds. The molecule has 0 aromatic rings. The van der Waals surface area contributed by atoms with Gasteiger partial charge >= 0.3 is 5.97 Å². The van der Waals surface area contributed by atoms with Gasteiger partial charge in [-0.25, -0.2) is 4.79 Å². The molecule has 0 aliphatic rings. The van der Waals surface area contributed by atoms with Crippen LogP contribution in [0.3, 0.4) is 0 Å². The van der Waals surface area contributed by atoms with Gasteiger partial charge in [0.1, 0.15) is 5.60 Å². The van der Waals surface area contributed by atoms with Crippen molar-refractivity contribution in [3.63, 3.8) is 0 Å². The van der Waals surface area contributed by atoms with Gasteiger partial charge in [0.25, 0.3) is 0 Å². The maximum Gasteiger partial charge on any atom is 0.330 e. The third-order valence-electron chi connectivity index (χ3n) is 1.87. The molecule has 0 saturated heterocycles. The normalized spacial score (nSPS) is 11.5. The Morgan fingerprint density at radius 1 is 1.54 bits per heavy atom. The predicted molar refractivity (Wildman–Crippen MR) is 54.4 cm³/mol. The zero-order chi connectivity index (χ0) is 10.5. The molecule has 0 rings (SSSR count). The topological polar surface area (TPSA) is 26.3 Å². The van der Waals surface area contributed by atoms with Crippen LogP contribution < -0.4 is 0 Å². The lowest BCUT2D eigenvalue weighted by Crippen LogP contribution is -2.27. The van der Waals surface area contributed by atoms with Crippen molar-refractivity contribution < 1.29 is 9.53 Å². The van der Waals surface area contributed by atoms with Gasteiger partial charge in [0.15, 0.2) is 0 Å². The highest BCUT2D eigenvalue weighted by Crippen LogP contribution is 2.20. The van der Waals surface area contributed by atoms with Gasteiger partial charge < -0.3 is 4.74 Å². The summed E-state index contributed by atoms with van der Waals surface area (Å²) >= 11 is 0. The molecule has 0 aliphatic carbocycles. The van der Waals surface area contributed by atoms with E-state index >= 15 is 0 Å². The van der Waals surface area contributed by atoms with Crippen molar-refractivity contribution in [1.29, 1.82) is 0 Å². The van der Waals surface area contributed by atoms with E-state index in [1.54, 1.807) is 0 Å². The van der Waals surface area contributed by atoms with Crippen LogP contribution >= 0.6 is 0 Å². The van der Waals surface area contributed by atoms with Crippen molar-refractivity contribution in [2.24, 2.45) is 5.92 Å². The first-order chi connectivity index (χ1) is 5.87. The molecule has 2 heteroatoms. The van der Waals surface area contributed by atoms with Crippen molar-refractivity contribution in [2.45, 2.75) is 46.1 Å². The Morgan fingerprint density at radius 2 is 2.08 bits per heavy atom. The molecule has 0 aromatic heterocycles. The van der Waals surface area contributed by atoms with Gasteiger partial charge in [0.2, 0.25) is 0 Å². The van der Waals surface area contributed by atoms with E-state index in [1.165, 1.54) is 6.08 Å². The number of hydrogen-bond acceptors (Lipinski definition) is 2. The Bertz CT molecular complexity index is 181. The molecule has 0 spiro atoms. The molecule has 0 saturated carbocycles. The van der Waals surface area contributed by atoms with Crippen molar-refractivity contribution in [1.82, 2.24) is 0 Å². The summed E-state index contributed by atoms with van der Waals surface area (Å²) in [5, 5.41) is 0. The van der Waals surface area contributed by atoms with Crippen molar-refractivity contribution in [3.05, 3.63) is 12.7 Å². The number of carbonyl (C=O) groups is 1. The lowest BCUT2D eigenvalue weighted by atomic mass is 9.97. The van der Waals surface area contributed by atoms with E-state index in [0.29, 0.717) is 5.92 Å². The highest BCUT2D eigenvalue weighted by atomic mass is 16.6. The van der Waals surface area contributed by atoms with Gasteiger partial charge in [-0.3, -0.25) is 0 Å². The summed E-state index contributed by atoms with van der Waals surface area (Å²) in [6.45, 7) is 11.5. The first-order valence-electron chi connectivity index (χ1n) is 4.73. The summed E-state index contributed by atoms with van der Waals surface area (Å²) in [5.41, 5.74) is -0.366. The predicted octanol–water partition coefficient (Wildman–Crippen LogP) is 2.93. The number of hydrogen-bond donors (Lipinski definition) is 0. The number of carbonyl (C=O) groups excluding carboxylic acids is 1. The lowest BCUT2D eigenvalue weighted by molar-refractivity contribution is -0.150. The van der Waals surface area contributed by atoms with Crippen LogP contribution in [0.1, 0.15) is 40.5 Å². The van der Waals surface area contributed by atoms with Crippen LogP contribution in [-0.4, -0.2) is 11.6 Å². The van der Waals surface area contributed by atoms with E-state index in [2.05, 4.69) is 20.4 Å². The first-order valence-corrected chi connectivity index (χ1v) is 4.73. The molecule has 0 N–H and O–H groups in total.